The zero-order valence-corrected chi connectivity index (χ0v) is 15.4. The molecule has 1 saturated heterocycles. The molecule has 4 heterocycles. The molecule has 0 amide bonds. The van der Waals surface area contributed by atoms with Gasteiger partial charge in [-0.25, -0.2) is 4.98 Å². The lowest BCUT2D eigenvalue weighted by Crippen LogP contribution is -2.46. The van der Waals surface area contributed by atoms with E-state index in [0.29, 0.717) is 5.92 Å². The van der Waals surface area contributed by atoms with E-state index < -0.39 is 0 Å². The Kier molecular flexibility index (Phi) is 3.62. The second kappa shape index (κ2) is 5.87. The summed E-state index contributed by atoms with van der Waals surface area (Å²) < 4.78 is 0. The smallest absolute Gasteiger partial charge is 0.227 e. The van der Waals surface area contributed by atoms with E-state index in [1.54, 1.807) is 0 Å². The van der Waals surface area contributed by atoms with Gasteiger partial charge in [-0.3, -0.25) is 4.98 Å². The zero-order chi connectivity index (χ0) is 16.9. The van der Waals surface area contributed by atoms with Gasteiger partial charge in [-0.1, -0.05) is 6.07 Å². The Bertz CT molecular complexity index is 784. The first-order valence-corrected chi connectivity index (χ1v) is 10.2. The summed E-state index contributed by atoms with van der Waals surface area (Å²) in [5.74, 6) is 3.62. The Morgan fingerprint density at radius 3 is 2.88 bits per heavy atom. The lowest BCUT2D eigenvalue weighted by atomic mass is 9.78. The van der Waals surface area contributed by atoms with Crippen molar-refractivity contribution in [2.45, 2.75) is 49.0 Å². The standard InChI is InChI=1S/C19H23N5S/c1-19(6-3-7-19)23-17-16-15(5-9-25-16)21-18(22-17)24-11-14(12-24)13-4-2-8-20-10-13/h2,4,8,10,14H,3,5-7,9,11-12H2,1H3,(H,21,22,23). The van der Waals surface area contributed by atoms with E-state index >= 15 is 0 Å². The monoisotopic (exact) mass is 353 g/mol. The van der Waals surface area contributed by atoms with Crippen molar-refractivity contribution in [1.29, 1.82) is 0 Å². The molecule has 1 aliphatic carbocycles. The summed E-state index contributed by atoms with van der Waals surface area (Å²) in [7, 11) is 0. The fourth-order valence-electron chi connectivity index (χ4n) is 3.87. The first-order chi connectivity index (χ1) is 12.2. The number of hydrogen-bond donors (Lipinski definition) is 1. The fraction of sp³-hybridized carbons (Fsp3) is 0.526. The number of hydrogen-bond acceptors (Lipinski definition) is 6. The first-order valence-electron chi connectivity index (χ1n) is 9.17. The van der Waals surface area contributed by atoms with Crippen molar-refractivity contribution in [1.82, 2.24) is 15.0 Å². The van der Waals surface area contributed by atoms with Gasteiger partial charge in [-0.05, 0) is 37.8 Å². The summed E-state index contributed by atoms with van der Waals surface area (Å²) in [6.07, 6.45) is 8.65. The highest BCUT2D eigenvalue weighted by molar-refractivity contribution is 7.99. The van der Waals surface area contributed by atoms with Crippen LogP contribution in [0.5, 0.6) is 0 Å². The van der Waals surface area contributed by atoms with Crippen molar-refractivity contribution in [2.24, 2.45) is 0 Å². The van der Waals surface area contributed by atoms with Gasteiger partial charge in [-0.15, -0.1) is 11.8 Å². The molecule has 0 bridgehead atoms. The molecule has 0 radical (unpaired) electrons. The fourth-order valence-corrected chi connectivity index (χ4v) is 4.92. The molecule has 5 rings (SSSR count). The summed E-state index contributed by atoms with van der Waals surface area (Å²) >= 11 is 1.90. The summed E-state index contributed by atoms with van der Waals surface area (Å²) in [6, 6.07) is 4.18. The van der Waals surface area contributed by atoms with E-state index in [4.69, 9.17) is 9.97 Å². The van der Waals surface area contributed by atoms with Crippen molar-refractivity contribution in [3.05, 3.63) is 35.8 Å². The maximum Gasteiger partial charge on any atom is 0.227 e. The third kappa shape index (κ3) is 2.76. The predicted molar refractivity (Wildman–Crippen MR) is 102 cm³/mol. The van der Waals surface area contributed by atoms with Crippen LogP contribution in [0.2, 0.25) is 0 Å². The number of nitrogens with zero attached hydrogens (tertiary/aromatic N) is 4. The van der Waals surface area contributed by atoms with Crippen LogP contribution in [0.3, 0.4) is 0 Å². The number of pyridine rings is 1. The highest BCUT2D eigenvalue weighted by atomic mass is 32.2. The molecule has 0 unspecified atom stereocenters. The summed E-state index contributed by atoms with van der Waals surface area (Å²) in [4.78, 5) is 17.6. The minimum absolute atomic E-state index is 0.218. The molecule has 3 aliphatic rings. The summed E-state index contributed by atoms with van der Waals surface area (Å²) in [5.41, 5.74) is 2.76. The number of aryl methyl sites for hydroxylation is 1. The summed E-state index contributed by atoms with van der Waals surface area (Å²) in [5, 5.41) is 3.73. The van der Waals surface area contributed by atoms with Crippen LogP contribution in [-0.4, -0.2) is 39.3 Å². The highest BCUT2D eigenvalue weighted by Gasteiger charge is 2.35. The van der Waals surface area contributed by atoms with Crippen LogP contribution in [0.15, 0.2) is 29.4 Å². The van der Waals surface area contributed by atoms with Crippen molar-refractivity contribution < 1.29 is 0 Å². The molecule has 25 heavy (non-hydrogen) atoms. The molecule has 0 spiro atoms. The van der Waals surface area contributed by atoms with E-state index in [-0.39, 0.29) is 5.54 Å². The molecule has 0 atom stereocenters. The van der Waals surface area contributed by atoms with Gasteiger partial charge in [0.1, 0.15) is 5.82 Å². The number of fused-ring (bicyclic) bond motifs is 1. The van der Waals surface area contributed by atoms with Gasteiger partial charge in [0.15, 0.2) is 0 Å². The van der Waals surface area contributed by atoms with Crippen LogP contribution < -0.4 is 10.2 Å². The van der Waals surface area contributed by atoms with Crippen LogP contribution in [0, 0.1) is 0 Å². The lowest BCUT2D eigenvalue weighted by molar-refractivity contribution is 0.305. The summed E-state index contributed by atoms with van der Waals surface area (Å²) in [6.45, 7) is 4.27. The van der Waals surface area contributed by atoms with E-state index in [1.807, 2.05) is 30.2 Å². The second-order valence-corrected chi connectivity index (χ2v) is 8.78. The van der Waals surface area contributed by atoms with Crippen molar-refractivity contribution >= 4 is 23.5 Å². The van der Waals surface area contributed by atoms with Crippen LogP contribution >= 0.6 is 11.8 Å². The third-order valence-electron chi connectivity index (χ3n) is 5.71. The number of anilines is 2. The van der Waals surface area contributed by atoms with Gasteiger partial charge in [-0.2, -0.15) is 4.98 Å². The van der Waals surface area contributed by atoms with Crippen molar-refractivity contribution in [3.63, 3.8) is 0 Å². The molecular weight excluding hydrogens is 330 g/mol. The Morgan fingerprint density at radius 1 is 1.28 bits per heavy atom. The molecule has 5 nitrogen and oxygen atoms in total. The molecule has 2 aromatic heterocycles. The molecule has 6 heteroatoms. The SMILES string of the molecule is CC1(Nc2nc(N3CC(c4cccnc4)C3)nc3c2SCC3)CCC1. The molecule has 2 aromatic rings. The van der Waals surface area contributed by atoms with Crippen LogP contribution in [-0.2, 0) is 6.42 Å². The van der Waals surface area contributed by atoms with Crippen LogP contribution in [0.1, 0.15) is 43.4 Å². The molecule has 1 saturated carbocycles. The zero-order valence-electron chi connectivity index (χ0n) is 14.5. The maximum absolute atomic E-state index is 4.93. The van der Waals surface area contributed by atoms with Crippen LogP contribution in [0.25, 0.3) is 0 Å². The lowest BCUT2D eigenvalue weighted by Gasteiger charge is -2.41. The van der Waals surface area contributed by atoms with Gasteiger partial charge in [0.25, 0.3) is 0 Å². The quantitative estimate of drug-likeness (QED) is 0.908. The molecule has 130 valence electrons. The minimum atomic E-state index is 0.218. The number of rotatable bonds is 4. The molecule has 2 fully saturated rings. The van der Waals surface area contributed by atoms with Crippen molar-refractivity contribution in [2.75, 3.05) is 29.1 Å². The van der Waals surface area contributed by atoms with E-state index in [2.05, 4.69) is 28.2 Å². The van der Waals surface area contributed by atoms with Crippen molar-refractivity contribution in [3.8, 4) is 0 Å². The minimum Gasteiger partial charge on any atom is -0.364 e. The van der Waals surface area contributed by atoms with Gasteiger partial charge in [0.05, 0.1) is 10.6 Å². The van der Waals surface area contributed by atoms with Gasteiger partial charge < -0.3 is 10.2 Å². The average Bonchev–Trinajstić information content (AvgIpc) is 3.02. The Balaban J connectivity index is 1.37. The van der Waals surface area contributed by atoms with Gasteiger partial charge >= 0.3 is 0 Å². The molecule has 1 N–H and O–H groups in total. The molecular formula is C19H23N5S. The predicted octanol–water partition coefficient (Wildman–Crippen LogP) is 3.48. The third-order valence-corrected chi connectivity index (χ3v) is 6.83. The van der Waals surface area contributed by atoms with E-state index in [1.165, 1.54) is 35.4 Å². The van der Waals surface area contributed by atoms with Gasteiger partial charge in [0, 0.05) is 49.1 Å². The second-order valence-electron chi connectivity index (χ2n) is 7.67. The number of nitrogens with one attached hydrogen (secondary N) is 1. The number of thioether (sulfide) groups is 1. The maximum atomic E-state index is 4.93. The number of aromatic nitrogens is 3. The Hall–Kier alpha value is -1.82. The van der Waals surface area contributed by atoms with Crippen LogP contribution in [0.4, 0.5) is 11.8 Å². The normalized spacial score (nSPS) is 21.4. The molecule has 0 aromatic carbocycles. The largest absolute Gasteiger partial charge is 0.364 e. The average molecular weight is 353 g/mol. The molecule has 2 aliphatic heterocycles. The Labute approximate surface area is 152 Å². The van der Waals surface area contributed by atoms with Gasteiger partial charge in [0.2, 0.25) is 5.95 Å². The van der Waals surface area contributed by atoms with E-state index in [9.17, 15) is 0 Å². The topological polar surface area (TPSA) is 53.9 Å². The first kappa shape index (κ1) is 15.4. The van der Waals surface area contributed by atoms with E-state index in [0.717, 1.165) is 37.0 Å². The highest BCUT2D eigenvalue weighted by Crippen LogP contribution is 2.42. The Morgan fingerprint density at radius 2 is 2.16 bits per heavy atom.